The number of nitrogens with one attached hydrogen (secondary N) is 1. The normalized spacial score (nSPS) is 18.2. The molecule has 0 spiro atoms. The summed E-state index contributed by atoms with van der Waals surface area (Å²) in [7, 11) is -1.67. The van der Waals surface area contributed by atoms with Crippen molar-refractivity contribution in [2.45, 2.75) is 46.3 Å². The van der Waals surface area contributed by atoms with Crippen LogP contribution in [0.15, 0.2) is 53.5 Å². The third-order valence-corrected chi connectivity index (χ3v) is 6.95. The largest absolute Gasteiger partial charge is 0.455 e. The standard InChI is InChI=1S/C24H28N2O4S.C2H6/c1-6-18-14-26(31(5,27)28)21-13-22-20(12-19(21)16(3)29-18)23(15(2)25-4)24(30-22)17-10-8-7-9-11-17;1-2/h7-13,16,18,25H,2,6,14H2,1,3-5H3;1-2H3. The highest BCUT2D eigenvalue weighted by molar-refractivity contribution is 7.92. The Bertz CT molecular complexity index is 1230. The Labute approximate surface area is 197 Å². The summed E-state index contributed by atoms with van der Waals surface area (Å²) in [4.78, 5) is 0. The Kier molecular flexibility index (Phi) is 7.55. The minimum absolute atomic E-state index is 0.185. The Morgan fingerprint density at radius 1 is 1.21 bits per heavy atom. The number of hydrogen-bond acceptors (Lipinski definition) is 5. The molecule has 4 rings (SSSR count). The van der Waals surface area contributed by atoms with Crippen LogP contribution in [0.5, 0.6) is 0 Å². The molecule has 7 heteroatoms. The van der Waals surface area contributed by atoms with E-state index in [4.69, 9.17) is 9.15 Å². The van der Waals surface area contributed by atoms with Crippen LogP contribution < -0.4 is 9.62 Å². The van der Waals surface area contributed by atoms with Crippen molar-refractivity contribution >= 4 is 32.4 Å². The lowest BCUT2D eigenvalue weighted by molar-refractivity contribution is 0.00494. The van der Waals surface area contributed by atoms with Gasteiger partial charge in [-0.1, -0.05) is 57.7 Å². The van der Waals surface area contributed by atoms with Gasteiger partial charge in [-0.2, -0.15) is 0 Å². The number of hydrogen-bond donors (Lipinski definition) is 1. The zero-order valence-corrected chi connectivity index (χ0v) is 21.1. The number of sulfonamides is 1. The molecular weight excluding hydrogens is 436 g/mol. The zero-order chi connectivity index (χ0) is 24.3. The molecule has 2 unspecified atom stereocenters. The van der Waals surface area contributed by atoms with Gasteiger partial charge in [-0.05, 0) is 19.4 Å². The molecular formula is C26H34N2O4S. The van der Waals surface area contributed by atoms with Gasteiger partial charge in [-0.3, -0.25) is 4.31 Å². The first-order chi connectivity index (χ1) is 15.7. The van der Waals surface area contributed by atoms with Crippen molar-refractivity contribution in [2.24, 2.45) is 0 Å². The first-order valence-corrected chi connectivity index (χ1v) is 13.3. The maximum atomic E-state index is 12.7. The van der Waals surface area contributed by atoms with Crippen LogP contribution in [-0.4, -0.2) is 34.4 Å². The SMILES string of the molecule is C=C(NC)c1c(-c2ccccc2)oc2cc3c(cc12)C(C)OC(CC)CN3S(C)(=O)=O.CC. The van der Waals surface area contributed by atoms with Gasteiger partial charge in [0, 0.05) is 35.3 Å². The molecule has 1 aliphatic rings. The van der Waals surface area contributed by atoms with E-state index in [-0.39, 0.29) is 18.8 Å². The molecule has 2 aromatic carbocycles. The number of benzene rings is 2. The van der Waals surface area contributed by atoms with E-state index in [0.717, 1.165) is 34.2 Å². The molecule has 6 nitrogen and oxygen atoms in total. The second kappa shape index (κ2) is 10.0. The molecule has 1 aliphatic heterocycles. The fraction of sp³-hybridized carbons (Fsp3) is 0.385. The van der Waals surface area contributed by atoms with Gasteiger partial charge in [0.25, 0.3) is 0 Å². The van der Waals surface area contributed by atoms with E-state index >= 15 is 0 Å². The Morgan fingerprint density at radius 2 is 1.88 bits per heavy atom. The fourth-order valence-corrected chi connectivity index (χ4v) is 5.09. The number of ether oxygens (including phenoxy) is 1. The smallest absolute Gasteiger partial charge is 0.232 e. The summed E-state index contributed by atoms with van der Waals surface area (Å²) in [6, 6.07) is 13.6. The molecule has 0 aliphatic carbocycles. The minimum atomic E-state index is -3.49. The second-order valence-electron chi connectivity index (χ2n) is 7.91. The Hall–Kier alpha value is -2.77. The maximum absolute atomic E-state index is 12.7. The van der Waals surface area contributed by atoms with Gasteiger partial charge in [0.2, 0.25) is 10.0 Å². The average molecular weight is 471 g/mol. The lowest BCUT2D eigenvalue weighted by Crippen LogP contribution is -2.36. The van der Waals surface area contributed by atoms with E-state index in [1.807, 2.05) is 77.2 Å². The van der Waals surface area contributed by atoms with Gasteiger partial charge in [-0.15, -0.1) is 0 Å². The highest BCUT2D eigenvalue weighted by Crippen LogP contribution is 2.43. The molecule has 2 atom stereocenters. The molecule has 3 aromatic rings. The van der Waals surface area contributed by atoms with Crippen molar-refractivity contribution in [1.82, 2.24) is 5.32 Å². The molecule has 0 saturated carbocycles. The van der Waals surface area contributed by atoms with Crippen LogP contribution in [0.25, 0.3) is 28.0 Å². The van der Waals surface area contributed by atoms with Crippen molar-refractivity contribution in [3.63, 3.8) is 0 Å². The van der Waals surface area contributed by atoms with E-state index in [9.17, 15) is 8.42 Å². The molecule has 1 aromatic heterocycles. The monoisotopic (exact) mass is 470 g/mol. The van der Waals surface area contributed by atoms with Crippen LogP contribution in [0, 0.1) is 0 Å². The predicted molar refractivity (Wildman–Crippen MR) is 137 cm³/mol. The molecule has 178 valence electrons. The van der Waals surface area contributed by atoms with E-state index in [0.29, 0.717) is 17.0 Å². The summed E-state index contributed by atoms with van der Waals surface area (Å²) >= 11 is 0. The lowest BCUT2D eigenvalue weighted by Gasteiger charge is -2.24. The number of anilines is 1. The van der Waals surface area contributed by atoms with Gasteiger partial charge < -0.3 is 14.5 Å². The Balaban J connectivity index is 0.00000149. The molecule has 1 N–H and O–H groups in total. The molecule has 0 bridgehead atoms. The van der Waals surface area contributed by atoms with Crippen molar-refractivity contribution < 1.29 is 17.6 Å². The summed E-state index contributed by atoms with van der Waals surface area (Å²) < 4.78 is 39.3. The molecule has 0 radical (unpaired) electrons. The summed E-state index contributed by atoms with van der Waals surface area (Å²) in [6.45, 7) is 12.4. The Morgan fingerprint density at radius 3 is 2.45 bits per heavy atom. The molecule has 0 saturated heterocycles. The van der Waals surface area contributed by atoms with E-state index in [1.54, 1.807) is 0 Å². The molecule has 2 heterocycles. The highest BCUT2D eigenvalue weighted by Gasteiger charge is 2.32. The molecule has 0 amide bonds. The van der Waals surface area contributed by atoms with Crippen LogP contribution in [0.2, 0.25) is 0 Å². The summed E-state index contributed by atoms with van der Waals surface area (Å²) in [5.74, 6) is 0.695. The number of furan rings is 1. The van der Waals surface area contributed by atoms with Gasteiger partial charge in [-0.25, -0.2) is 8.42 Å². The van der Waals surface area contributed by atoms with Crippen LogP contribution >= 0.6 is 0 Å². The number of nitrogens with zero attached hydrogens (tertiary/aromatic N) is 1. The first-order valence-electron chi connectivity index (χ1n) is 11.4. The van der Waals surface area contributed by atoms with Crippen LogP contribution in [0.3, 0.4) is 0 Å². The fourth-order valence-electron chi connectivity index (χ4n) is 4.14. The van der Waals surface area contributed by atoms with Gasteiger partial charge >= 0.3 is 0 Å². The summed E-state index contributed by atoms with van der Waals surface area (Å²) in [6.07, 6.45) is 1.51. The van der Waals surface area contributed by atoms with E-state index < -0.39 is 10.0 Å². The van der Waals surface area contributed by atoms with Crippen molar-refractivity contribution in [3.05, 3.63) is 60.2 Å². The number of rotatable bonds is 5. The quantitative estimate of drug-likeness (QED) is 0.499. The van der Waals surface area contributed by atoms with Crippen LogP contribution in [0.4, 0.5) is 5.69 Å². The predicted octanol–water partition coefficient (Wildman–Crippen LogP) is 5.95. The second-order valence-corrected chi connectivity index (χ2v) is 9.82. The topological polar surface area (TPSA) is 71.8 Å². The van der Waals surface area contributed by atoms with E-state index in [1.165, 1.54) is 10.6 Å². The van der Waals surface area contributed by atoms with Gasteiger partial charge in [0.1, 0.15) is 11.3 Å². The van der Waals surface area contributed by atoms with Crippen molar-refractivity contribution in [1.29, 1.82) is 0 Å². The van der Waals surface area contributed by atoms with E-state index in [2.05, 4.69) is 11.9 Å². The third kappa shape index (κ3) is 4.80. The average Bonchev–Trinajstić information content (AvgIpc) is 3.12. The summed E-state index contributed by atoms with van der Waals surface area (Å²) in [5.41, 5.74) is 4.55. The molecule has 33 heavy (non-hydrogen) atoms. The van der Waals surface area contributed by atoms with Crippen LogP contribution in [0.1, 0.15) is 51.3 Å². The first kappa shape index (κ1) is 24.9. The van der Waals surface area contributed by atoms with Crippen molar-refractivity contribution in [2.75, 3.05) is 24.2 Å². The third-order valence-electron chi connectivity index (χ3n) is 5.81. The van der Waals surface area contributed by atoms with Gasteiger partial charge in [0.15, 0.2) is 0 Å². The number of fused-ring (bicyclic) bond motifs is 2. The minimum Gasteiger partial charge on any atom is -0.455 e. The van der Waals surface area contributed by atoms with Crippen molar-refractivity contribution in [3.8, 4) is 11.3 Å². The zero-order valence-electron chi connectivity index (χ0n) is 20.3. The highest BCUT2D eigenvalue weighted by atomic mass is 32.2. The molecule has 0 fully saturated rings. The van der Waals surface area contributed by atoms with Gasteiger partial charge in [0.05, 0.1) is 36.3 Å². The maximum Gasteiger partial charge on any atom is 0.232 e. The lowest BCUT2D eigenvalue weighted by atomic mass is 9.99. The van der Waals surface area contributed by atoms with Crippen LogP contribution in [-0.2, 0) is 14.8 Å². The summed E-state index contributed by atoms with van der Waals surface area (Å²) in [5, 5.41) is 4.00.